The van der Waals surface area contributed by atoms with Crippen LogP contribution in [0.5, 0.6) is 5.75 Å². The zero-order chi connectivity index (χ0) is 36.3. The maximum atomic E-state index is 14.9. The Balaban J connectivity index is 1.48. The topological polar surface area (TPSA) is 125 Å². The monoisotopic (exact) mass is 683 g/mol. The molecule has 0 bridgehead atoms. The molecule has 0 unspecified atom stereocenters. The second kappa shape index (κ2) is 14.6. The number of benzene rings is 2. The molecule has 1 aromatic heterocycles. The summed E-state index contributed by atoms with van der Waals surface area (Å²) in [4.78, 5) is 35.4. The Morgan fingerprint density at radius 1 is 0.980 bits per heavy atom. The predicted molar refractivity (Wildman–Crippen MR) is 197 cm³/mol. The van der Waals surface area contributed by atoms with E-state index in [9.17, 15) is 9.59 Å². The van der Waals surface area contributed by atoms with Crippen LogP contribution in [0.1, 0.15) is 141 Å². The molecule has 2 aromatic carbocycles. The van der Waals surface area contributed by atoms with Crippen LogP contribution in [0.3, 0.4) is 0 Å². The number of hydrogen-bond acceptors (Lipinski definition) is 7. The van der Waals surface area contributed by atoms with Crippen molar-refractivity contribution in [2.75, 3.05) is 6.61 Å². The van der Waals surface area contributed by atoms with Crippen LogP contribution in [-0.4, -0.2) is 55.3 Å². The van der Waals surface area contributed by atoms with Gasteiger partial charge in [0.15, 0.2) is 5.82 Å². The molecule has 2 aliphatic rings. The van der Waals surface area contributed by atoms with E-state index in [1.54, 1.807) is 0 Å². The summed E-state index contributed by atoms with van der Waals surface area (Å²) in [5, 5.41) is 16.6. The average molecular weight is 684 g/mol. The number of carbonyl (C=O) groups is 2. The molecule has 1 spiro atoms. The Morgan fingerprint density at radius 3 is 2.26 bits per heavy atom. The number of nitrogens with one attached hydrogen (secondary N) is 2. The van der Waals surface area contributed by atoms with Gasteiger partial charge < -0.3 is 15.0 Å². The first kappa shape index (κ1) is 37.2. The lowest BCUT2D eigenvalue weighted by Gasteiger charge is -2.47. The highest BCUT2D eigenvalue weighted by Gasteiger charge is 2.52. The molecule has 10 heteroatoms. The first-order chi connectivity index (χ1) is 23.4. The lowest BCUT2D eigenvalue weighted by molar-refractivity contribution is -0.134. The average Bonchev–Trinajstić information content (AvgIpc) is 3.66. The van der Waals surface area contributed by atoms with E-state index in [-0.39, 0.29) is 40.6 Å². The van der Waals surface area contributed by atoms with E-state index in [0.29, 0.717) is 29.6 Å². The van der Waals surface area contributed by atoms with Gasteiger partial charge in [-0.3, -0.25) is 14.6 Å². The van der Waals surface area contributed by atoms with E-state index >= 15 is 0 Å². The minimum Gasteiger partial charge on any atom is -0.494 e. The summed E-state index contributed by atoms with van der Waals surface area (Å²) >= 11 is 0. The number of tetrazole rings is 1. The van der Waals surface area contributed by atoms with Crippen LogP contribution < -0.4 is 10.1 Å². The maximum Gasteiger partial charge on any atom is 0.275 e. The van der Waals surface area contributed by atoms with Crippen LogP contribution in [-0.2, 0) is 11.3 Å². The van der Waals surface area contributed by atoms with Crippen LogP contribution >= 0.6 is 0 Å². The number of aliphatic imine (C=N–C) groups is 1. The number of ether oxygens (including phenoxy) is 1. The van der Waals surface area contributed by atoms with Gasteiger partial charge in [0.2, 0.25) is 0 Å². The van der Waals surface area contributed by atoms with Gasteiger partial charge in [0.1, 0.15) is 17.1 Å². The molecule has 10 nitrogen and oxygen atoms in total. The first-order valence-electron chi connectivity index (χ1n) is 18.2. The third-order valence-corrected chi connectivity index (χ3v) is 10.3. The van der Waals surface area contributed by atoms with Gasteiger partial charge in [-0.15, -0.1) is 10.2 Å². The summed E-state index contributed by atoms with van der Waals surface area (Å²) in [6.45, 7) is 21.1. The number of amides is 2. The number of rotatable bonds is 11. The summed E-state index contributed by atoms with van der Waals surface area (Å²) in [5.74, 6) is 1.46. The Bertz CT molecular complexity index is 1640. The molecular weight excluding hydrogens is 626 g/mol. The first-order valence-corrected chi connectivity index (χ1v) is 18.2. The van der Waals surface area contributed by atoms with Crippen molar-refractivity contribution < 1.29 is 14.3 Å². The van der Waals surface area contributed by atoms with Crippen LogP contribution in [0.4, 0.5) is 0 Å². The van der Waals surface area contributed by atoms with E-state index in [0.717, 1.165) is 61.8 Å². The minimum absolute atomic E-state index is 0.0353. The van der Waals surface area contributed by atoms with Crippen molar-refractivity contribution >= 4 is 17.5 Å². The van der Waals surface area contributed by atoms with Gasteiger partial charge in [0.05, 0.1) is 19.2 Å². The molecule has 2 heterocycles. The zero-order valence-corrected chi connectivity index (χ0v) is 31.6. The second-order valence-corrected chi connectivity index (χ2v) is 17.7. The maximum absolute atomic E-state index is 14.9. The van der Waals surface area contributed by atoms with Crippen LogP contribution in [0.15, 0.2) is 53.5 Å². The Morgan fingerprint density at radius 2 is 1.66 bits per heavy atom. The number of aromatic amines is 1. The number of H-pyrrole nitrogens is 1. The summed E-state index contributed by atoms with van der Waals surface area (Å²) < 4.78 is 6.17. The van der Waals surface area contributed by atoms with E-state index in [1.165, 1.54) is 0 Å². The number of hydrogen-bond donors (Lipinski definition) is 2. The van der Waals surface area contributed by atoms with E-state index in [4.69, 9.17) is 9.73 Å². The normalized spacial score (nSPS) is 20.6. The van der Waals surface area contributed by atoms with Gasteiger partial charge in [0, 0.05) is 11.1 Å². The van der Waals surface area contributed by atoms with E-state index in [2.05, 4.69) is 93.2 Å². The molecule has 270 valence electrons. The molecule has 2 amide bonds. The summed E-state index contributed by atoms with van der Waals surface area (Å²) in [7, 11) is 0. The van der Waals surface area contributed by atoms with Crippen molar-refractivity contribution in [2.24, 2.45) is 27.2 Å². The number of nitrogens with zero attached hydrogens (tertiary/aromatic N) is 5. The second-order valence-electron chi connectivity index (χ2n) is 17.7. The molecule has 1 atom stereocenters. The van der Waals surface area contributed by atoms with Crippen molar-refractivity contribution in [3.63, 3.8) is 0 Å². The third-order valence-electron chi connectivity index (χ3n) is 10.3. The van der Waals surface area contributed by atoms with Crippen molar-refractivity contribution in [1.82, 2.24) is 30.8 Å². The predicted octanol–water partition coefficient (Wildman–Crippen LogP) is 8.08. The number of carbonyl (C=O) groups excluding carboxylic acids is 2. The summed E-state index contributed by atoms with van der Waals surface area (Å²) in [6.07, 6.45) is 6.26. The van der Waals surface area contributed by atoms with E-state index in [1.807, 2.05) is 48.5 Å². The third kappa shape index (κ3) is 9.17. The van der Waals surface area contributed by atoms with Crippen LogP contribution in [0.2, 0.25) is 0 Å². The lowest BCUT2D eigenvalue weighted by atomic mass is 9.69. The molecule has 1 saturated carbocycles. The summed E-state index contributed by atoms with van der Waals surface area (Å²) in [5.41, 5.74) is 2.62. The molecule has 50 heavy (non-hydrogen) atoms. The highest BCUT2D eigenvalue weighted by atomic mass is 16.5. The molecule has 1 fully saturated rings. The smallest absolute Gasteiger partial charge is 0.275 e. The molecule has 1 aliphatic carbocycles. The Labute approximate surface area is 298 Å². The fourth-order valence-corrected chi connectivity index (χ4v) is 7.13. The fraction of sp³-hybridized carbons (Fsp3) is 0.600. The molecule has 0 saturated heterocycles. The van der Waals surface area contributed by atoms with Gasteiger partial charge in [-0.2, -0.15) is 5.21 Å². The molecule has 5 rings (SSSR count). The van der Waals surface area contributed by atoms with Gasteiger partial charge in [0.25, 0.3) is 11.8 Å². The standard InChI is InChI=1S/C40H57N7O3/c1-37(2,3)20-19-32(27-13-15-28(16-14-27)35(48)41-26-33-43-45-46-44-33)47-36(49)34(42-40(47)21-17-30(18-22-40)39(7,8)9)29-11-10-12-31(25-29)50-24-23-38(4,5)6/h10-16,25,30,32H,17-24,26H2,1-9H3,(H,41,48)(H,43,44,45,46)/t30?,32-,40?/m1/s1. The largest absolute Gasteiger partial charge is 0.494 e. The molecular formula is C40H57N7O3. The van der Waals surface area contributed by atoms with Crippen LogP contribution in [0.25, 0.3) is 0 Å². The van der Waals surface area contributed by atoms with Gasteiger partial charge in [-0.05, 0) is 96.9 Å². The molecule has 3 aromatic rings. The van der Waals surface area contributed by atoms with Gasteiger partial charge >= 0.3 is 0 Å². The van der Waals surface area contributed by atoms with Gasteiger partial charge in [-0.25, -0.2) is 0 Å². The van der Waals surface area contributed by atoms with Crippen molar-refractivity contribution in [1.29, 1.82) is 0 Å². The quantitative estimate of drug-likeness (QED) is 0.211. The summed E-state index contributed by atoms with van der Waals surface area (Å²) in [6, 6.07) is 15.4. The molecule has 0 radical (unpaired) electrons. The molecule has 2 N–H and O–H groups in total. The lowest BCUT2D eigenvalue weighted by Crippen LogP contribution is -2.51. The molecule has 1 aliphatic heterocycles. The highest BCUT2D eigenvalue weighted by Crippen LogP contribution is 2.50. The van der Waals surface area contributed by atoms with Gasteiger partial charge in [-0.1, -0.05) is 91.8 Å². The zero-order valence-electron chi connectivity index (χ0n) is 31.6. The number of aromatic nitrogens is 4. The van der Waals surface area contributed by atoms with Crippen molar-refractivity contribution in [3.8, 4) is 5.75 Å². The Hall–Kier alpha value is -4.08. The minimum atomic E-state index is -0.638. The Kier molecular flexibility index (Phi) is 10.9. The fourth-order valence-electron chi connectivity index (χ4n) is 7.13. The van der Waals surface area contributed by atoms with Crippen molar-refractivity contribution in [3.05, 3.63) is 71.0 Å². The van der Waals surface area contributed by atoms with E-state index < -0.39 is 5.66 Å². The highest BCUT2D eigenvalue weighted by molar-refractivity contribution is 6.46. The van der Waals surface area contributed by atoms with Crippen molar-refractivity contribution in [2.45, 2.75) is 126 Å². The van der Waals surface area contributed by atoms with Crippen LogP contribution in [0, 0.1) is 22.2 Å². The SMILES string of the molecule is CC(C)(C)CCOc1cccc(C2=NC3(CCC(C(C)(C)C)CC3)N([C@H](CCC(C)(C)C)c3ccc(C(=O)NCc4nn[nH]n4)cc3)C2=O)c1.